The van der Waals surface area contributed by atoms with Gasteiger partial charge in [-0.15, -0.1) is 0 Å². The van der Waals surface area contributed by atoms with E-state index in [0.29, 0.717) is 6.54 Å². The Kier molecular flexibility index (Phi) is 3.20. The molecule has 0 bridgehead atoms. The number of hydrogen-bond donors (Lipinski definition) is 3. The number of benzene rings is 1. The number of nitrogens with two attached hydrogens (primary N) is 1. The third kappa shape index (κ3) is 2.16. The molecule has 2 heterocycles. The van der Waals surface area contributed by atoms with Gasteiger partial charge in [-0.2, -0.15) is 0 Å². The van der Waals surface area contributed by atoms with E-state index in [4.69, 9.17) is 5.73 Å². The molecule has 2 amide bonds. The minimum atomic E-state index is -0.127. The average Bonchev–Trinajstić information content (AvgIpc) is 2.88. The van der Waals surface area contributed by atoms with Crippen LogP contribution in [0.3, 0.4) is 0 Å². The molecule has 0 fully saturated rings. The van der Waals surface area contributed by atoms with Crippen LogP contribution < -0.4 is 21.3 Å². The molecule has 1 unspecified atom stereocenters. The van der Waals surface area contributed by atoms with Crippen LogP contribution in [0.4, 0.5) is 10.5 Å². The molecule has 0 saturated heterocycles. The molecule has 0 spiro atoms. The number of fused-ring (bicyclic) bond motifs is 1. The van der Waals surface area contributed by atoms with E-state index >= 15 is 0 Å². The minimum absolute atomic E-state index is 0.1000. The molecule has 4 N–H and O–H groups in total. The molecule has 2 aliphatic rings. The second-order valence-electron chi connectivity index (χ2n) is 4.92. The fourth-order valence-corrected chi connectivity index (χ4v) is 2.42. The van der Waals surface area contributed by atoms with Gasteiger partial charge in [0.25, 0.3) is 0 Å². The fourth-order valence-electron chi connectivity index (χ4n) is 2.42. The summed E-state index contributed by atoms with van der Waals surface area (Å²) in [5, 5.41) is 6.23. The highest BCUT2D eigenvalue weighted by molar-refractivity contribution is 5.96. The monoisotopic (exact) mass is 270 g/mol. The van der Waals surface area contributed by atoms with E-state index in [2.05, 4.69) is 23.6 Å². The minimum Gasteiger partial charge on any atom is -0.365 e. The summed E-state index contributed by atoms with van der Waals surface area (Å²) in [6.45, 7) is 2.59. The molecule has 5 heteroatoms. The number of carbonyl (C=O) groups excluding carboxylic acids is 1. The smallest absolute Gasteiger partial charge is 0.327 e. The molecular formula is C15H18N4O. The average molecular weight is 270 g/mol. The lowest BCUT2D eigenvalue weighted by Crippen LogP contribution is -2.51. The number of nitrogens with zero attached hydrogens (tertiary/aromatic N) is 1. The van der Waals surface area contributed by atoms with Crippen LogP contribution in [0.5, 0.6) is 0 Å². The van der Waals surface area contributed by atoms with Crippen LogP contribution >= 0.6 is 0 Å². The maximum Gasteiger partial charge on any atom is 0.327 e. The SMILES string of the molecule is CCC1=CC2=CN(c3ccc(CN)cc3)C(=O)NC2N1. The van der Waals surface area contributed by atoms with E-state index in [1.165, 1.54) is 0 Å². The standard InChI is InChI=1S/C15H18N4O/c1-2-12-7-11-9-19(15(20)18-14(11)17-12)13-5-3-10(8-16)4-6-13/h3-7,9,14,17H,2,8,16H2,1H3,(H,18,20). The van der Waals surface area contributed by atoms with E-state index in [1.807, 2.05) is 30.5 Å². The lowest BCUT2D eigenvalue weighted by atomic mass is 10.1. The van der Waals surface area contributed by atoms with Gasteiger partial charge in [0.05, 0.1) is 5.69 Å². The second kappa shape index (κ2) is 5.02. The van der Waals surface area contributed by atoms with E-state index in [1.54, 1.807) is 4.90 Å². The lowest BCUT2D eigenvalue weighted by Gasteiger charge is -2.29. The van der Waals surface area contributed by atoms with Crippen LogP contribution in [0.1, 0.15) is 18.9 Å². The van der Waals surface area contributed by atoms with E-state index in [9.17, 15) is 4.79 Å². The first-order chi connectivity index (χ1) is 9.71. The van der Waals surface area contributed by atoms with Gasteiger partial charge in [-0.05, 0) is 30.2 Å². The maximum atomic E-state index is 12.2. The van der Waals surface area contributed by atoms with E-state index < -0.39 is 0 Å². The summed E-state index contributed by atoms with van der Waals surface area (Å²) in [5.74, 6) is 0. The van der Waals surface area contributed by atoms with Crippen molar-refractivity contribution in [1.82, 2.24) is 10.6 Å². The Hall–Kier alpha value is -2.27. The Morgan fingerprint density at radius 1 is 1.25 bits per heavy atom. The van der Waals surface area contributed by atoms with Gasteiger partial charge < -0.3 is 16.4 Å². The number of hydrogen-bond acceptors (Lipinski definition) is 3. The molecule has 104 valence electrons. The Labute approximate surface area is 118 Å². The first-order valence-electron chi connectivity index (χ1n) is 6.79. The molecule has 1 aromatic carbocycles. The number of allylic oxidation sites excluding steroid dienone is 1. The van der Waals surface area contributed by atoms with Gasteiger partial charge >= 0.3 is 6.03 Å². The Bertz CT molecular complexity index is 588. The first kappa shape index (κ1) is 12.7. The number of rotatable bonds is 3. The number of anilines is 1. The van der Waals surface area contributed by atoms with Gasteiger partial charge in [-0.3, -0.25) is 4.90 Å². The van der Waals surface area contributed by atoms with Gasteiger partial charge in [-0.1, -0.05) is 19.1 Å². The van der Waals surface area contributed by atoms with Crippen LogP contribution in [-0.2, 0) is 6.54 Å². The molecule has 0 aromatic heterocycles. The molecule has 3 rings (SSSR count). The largest absolute Gasteiger partial charge is 0.365 e. The molecule has 1 atom stereocenters. The van der Waals surface area contributed by atoms with Crippen molar-refractivity contribution in [2.24, 2.45) is 5.73 Å². The van der Waals surface area contributed by atoms with Crippen LogP contribution in [0.2, 0.25) is 0 Å². The summed E-state index contributed by atoms with van der Waals surface area (Å²) < 4.78 is 0. The molecule has 2 aliphatic heterocycles. The first-order valence-corrected chi connectivity index (χ1v) is 6.79. The van der Waals surface area contributed by atoms with Gasteiger partial charge in [0.15, 0.2) is 0 Å². The van der Waals surface area contributed by atoms with Crippen molar-refractivity contribution in [3.63, 3.8) is 0 Å². The Morgan fingerprint density at radius 3 is 2.65 bits per heavy atom. The van der Waals surface area contributed by atoms with Gasteiger partial charge in [0, 0.05) is 24.0 Å². The quantitative estimate of drug-likeness (QED) is 0.784. The van der Waals surface area contributed by atoms with Crippen molar-refractivity contribution < 1.29 is 4.79 Å². The highest BCUT2D eigenvalue weighted by Gasteiger charge is 2.30. The highest BCUT2D eigenvalue weighted by atomic mass is 16.2. The summed E-state index contributed by atoms with van der Waals surface area (Å²) in [4.78, 5) is 13.8. The van der Waals surface area contributed by atoms with E-state index in [0.717, 1.165) is 28.9 Å². The Morgan fingerprint density at radius 2 is 2.00 bits per heavy atom. The highest BCUT2D eigenvalue weighted by Crippen LogP contribution is 2.25. The van der Waals surface area contributed by atoms with Crippen molar-refractivity contribution in [1.29, 1.82) is 0 Å². The zero-order chi connectivity index (χ0) is 14.1. The van der Waals surface area contributed by atoms with Crippen LogP contribution in [0, 0.1) is 0 Å². The molecular weight excluding hydrogens is 252 g/mol. The predicted octanol–water partition coefficient (Wildman–Crippen LogP) is 1.78. The van der Waals surface area contributed by atoms with E-state index in [-0.39, 0.29) is 12.2 Å². The van der Waals surface area contributed by atoms with Gasteiger partial charge in [0.1, 0.15) is 6.17 Å². The molecule has 0 radical (unpaired) electrons. The maximum absolute atomic E-state index is 12.2. The van der Waals surface area contributed by atoms with Crippen molar-refractivity contribution >= 4 is 11.7 Å². The van der Waals surface area contributed by atoms with Crippen molar-refractivity contribution in [2.45, 2.75) is 26.1 Å². The molecule has 0 aliphatic carbocycles. The summed E-state index contributed by atoms with van der Waals surface area (Å²) in [6, 6.07) is 7.57. The summed E-state index contributed by atoms with van der Waals surface area (Å²) in [7, 11) is 0. The Balaban J connectivity index is 1.90. The molecule has 1 aromatic rings. The normalized spacial score (nSPS) is 20.8. The predicted molar refractivity (Wildman–Crippen MR) is 78.7 cm³/mol. The summed E-state index contributed by atoms with van der Waals surface area (Å²) in [6.07, 6.45) is 4.80. The summed E-state index contributed by atoms with van der Waals surface area (Å²) in [5.41, 5.74) is 9.69. The van der Waals surface area contributed by atoms with Crippen LogP contribution in [0.15, 0.2) is 47.8 Å². The fraction of sp³-hybridized carbons (Fsp3) is 0.267. The lowest BCUT2D eigenvalue weighted by molar-refractivity contribution is 0.243. The molecule has 5 nitrogen and oxygen atoms in total. The third-order valence-corrected chi connectivity index (χ3v) is 3.60. The van der Waals surface area contributed by atoms with Crippen molar-refractivity contribution in [3.05, 3.63) is 53.4 Å². The topological polar surface area (TPSA) is 70.4 Å². The molecule has 0 saturated carbocycles. The van der Waals surface area contributed by atoms with Crippen molar-refractivity contribution in [2.75, 3.05) is 4.90 Å². The number of nitrogens with one attached hydrogen (secondary N) is 2. The van der Waals surface area contributed by atoms with Gasteiger partial charge in [-0.25, -0.2) is 4.79 Å². The third-order valence-electron chi connectivity index (χ3n) is 3.60. The zero-order valence-corrected chi connectivity index (χ0v) is 11.4. The number of urea groups is 1. The number of amides is 2. The van der Waals surface area contributed by atoms with Crippen LogP contribution in [-0.4, -0.2) is 12.2 Å². The summed E-state index contributed by atoms with van der Waals surface area (Å²) >= 11 is 0. The molecule has 20 heavy (non-hydrogen) atoms. The van der Waals surface area contributed by atoms with Crippen LogP contribution in [0.25, 0.3) is 0 Å². The number of carbonyl (C=O) groups is 1. The van der Waals surface area contributed by atoms with Gasteiger partial charge in [0.2, 0.25) is 0 Å². The van der Waals surface area contributed by atoms with Crippen molar-refractivity contribution in [3.8, 4) is 0 Å². The second-order valence-corrected chi connectivity index (χ2v) is 4.92. The zero-order valence-electron chi connectivity index (χ0n) is 11.4.